The van der Waals surface area contributed by atoms with Crippen LogP contribution in [0.4, 0.5) is 0 Å². The molecular formula is C24H25N3O. The first-order chi connectivity index (χ1) is 13.7. The molecule has 3 atom stereocenters. The number of benzene rings is 2. The van der Waals surface area contributed by atoms with Gasteiger partial charge in [-0.2, -0.15) is 0 Å². The fourth-order valence-corrected chi connectivity index (χ4v) is 5.24. The Kier molecular flexibility index (Phi) is 4.36. The molecule has 4 nitrogen and oxygen atoms in total. The maximum absolute atomic E-state index is 12.3. The van der Waals surface area contributed by atoms with Crippen LogP contribution in [0.25, 0.3) is 10.8 Å². The smallest absolute Gasteiger partial charge is 0.219 e. The van der Waals surface area contributed by atoms with Crippen LogP contribution < -0.4 is 0 Å². The van der Waals surface area contributed by atoms with Crippen LogP contribution in [0.5, 0.6) is 0 Å². The van der Waals surface area contributed by atoms with Crippen LogP contribution in [0.2, 0.25) is 0 Å². The lowest BCUT2D eigenvalue weighted by molar-refractivity contribution is -0.130. The van der Waals surface area contributed by atoms with Crippen LogP contribution >= 0.6 is 0 Å². The lowest BCUT2D eigenvalue weighted by atomic mass is 9.89. The molecule has 142 valence electrons. The molecule has 3 aromatic rings. The highest BCUT2D eigenvalue weighted by atomic mass is 16.2. The zero-order chi connectivity index (χ0) is 19.1. The summed E-state index contributed by atoms with van der Waals surface area (Å²) in [7, 11) is 0. The van der Waals surface area contributed by atoms with Crippen LogP contribution in [-0.2, 0) is 11.3 Å². The standard InChI is InChI=1S/C24H25N3O/c1-17(28)27-15-21-14-26(16-23(21)24(27)18-6-3-2-4-7-18)13-20-9-5-8-19-12-25-11-10-22(19)20/h2-12,21,23-24H,13-16H2,1H3/t21-,23-,24-/m1/s1. The zero-order valence-corrected chi connectivity index (χ0v) is 16.2. The molecule has 0 spiro atoms. The molecule has 28 heavy (non-hydrogen) atoms. The maximum atomic E-state index is 12.3. The molecule has 2 fully saturated rings. The Hall–Kier alpha value is -2.72. The molecule has 0 aliphatic carbocycles. The molecule has 5 rings (SSSR count). The fourth-order valence-electron chi connectivity index (χ4n) is 5.24. The van der Waals surface area contributed by atoms with Crippen molar-refractivity contribution in [3.63, 3.8) is 0 Å². The predicted molar refractivity (Wildman–Crippen MR) is 111 cm³/mol. The number of carbonyl (C=O) groups excluding carboxylic acids is 1. The van der Waals surface area contributed by atoms with Gasteiger partial charge in [0.15, 0.2) is 0 Å². The molecule has 0 bridgehead atoms. The summed E-state index contributed by atoms with van der Waals surface area (Å²) >= 11 is 0. The van der Waals surface area contributed by atoms with Gasteiger partial charge in [0.05, 0.1) is 6.04 Å². The SMILES string of the molecule is CC(=O)N1C[C@H]2CN(Cc3cccc4cnccc34)C[C@H]2[C@H]1c1ccccc1. The Morgan fingerprint density at radius 1 is 1.04 bits per heavy atom. The summed E-state index contributed by atoms with van der Waals surface area (Å²) in [6, 6.07) is 19.3. The largest absolute Gasteiger partial charge is 0.335 e. The number of likely N-dealkylation sites (tertiary alicyclic amines) is 2. The molecule has 2 aromatic carbocycles. The van der Waals surface area contributed by atoms with Gasteiger partial charge < -0.3 is 4.90 Å². The van der Waals surface area contributed by atoms with Gasteiger partial charge in [0.2, 0.25) is 5.91 Å². The van der Waals surface area contributed by atoms with Gasteiger partial charge in [0.25, 0.3) is 0 Å². The third-order valence-electron chi connectivity index (χ3n) is 6.45. The number of hydrogen-bond acceptors (Lipinski definition) is 3. The van der Waals surface area contributed by atoms with E-state index in [0.29, 0.717) is 11.8 Å². The van der Waals surface area contributed by atoms with Gasteiger partial charge in [-0.3, -0.25) is 14.7 Å². The Bertz CT molecular complexity index is 998. The van der Waals surface area contributed by atoms with E-state index in [2.05, 4.69) is 63.3 Å². The summed E-state index contributed by atoms with van der Waals surface area (Å²) < 4.78 is 0. The van der Waals surface area contributed by atoms with E-state index in [1.54, 1.807) is 6.92 Å². The van der Waals surface area contributed by atoms with Crippen molar-refractivity contribution < 1.29 is 4.79 Å². The third-order valence-corrected chi connectivity index (χ3v) is 6.45. The van der Waals surface area contributed by atoms with Gasteiger partial charge in [-0.25, -0.2) is 0 Å². The molecule has 1 aromatic heterocycles. The van der Waals surface area contributed by atoms with Gasteiger partial charge in [0, 0.05) is 56.8 Å². The molecule has 4 heteroatoms. The second-order valence-corrected chi connectivity index (χ2v) is 8.16. The summed E-state index contributed by atoms with van der Waals surface area (Å²) in [5.41, 5.74) is 2.63. The first-order valence-electron chi connectivity index (χ1n) is 10.1. The Labute approximate surface area is 165 Å². The second-order valence-electron chi connectivity index (χ2n) is 8.16. The average Bonchev–Trinajstić information content (AvgIpc) is 3.26. The quantitative estimate of drug-likeness (QED) is 0.701. The molecule has 2 saturated heterocycles. The molecule has 0 radical (unpaired) electrons. The first-order valence-corrected chi connectivity index (χ1v) is 10.1. The molecule has 3 heterocycles. The summed E-state index contributed by atoms with van der Waals surface area (Å²) in [6.45, 7) is 5.62. The van der Waals surface area contributed by atoms with Crippen molar-refractivity contribution in [1.29, 1.82) is 0 Å². The van der Waals surface area contributed by atoms with Crippen molar-refractivity contribution in [3.8, 4) is 0 Å². The van der Waals surface area contributed by atoms with Crippen molar-refractivity contribution in [1.82, 2.24) is 14.8 Å². The monoisotopic (exact) mass is 371 g/mol. The van der Waals surface area contributed by atoms with E-state index < -0.39 is 0 Å². The van der Waals surface area contributed by atoms with E-state index in [9.17, 15) is 4.79 Å². The third kappa shape index (κ3) is 2.98. The number of pyridine rings is 1. The Balaban J connectivity index is 1.40. The summed E-state index contributed by atoms with van der Waals surface area (Å²) in [5, 5.41) is 2.49. The lowest BCUT2D eigenvalue weighted by Crippen LogP contribution is -2.34. The van der Waals surface area contributed by atoms with Crippen LogP contribution in [0.15, 0.2) is 67.0 Å². The minimum absolute atomic E-state index is 0.191. The van der Waals surface area contributed by atoms with E-state index in [0.717, 1.165) is 26.2 Å². The van der Waals surface area contributed by atoms with Gasteiger partial charge in [-0.1, -0.05) is 48.5 Å². The predicted octanol–water partition coefficient (Wildman–Crippen LogP) is 3.89. The number of nitrogens with zero attached hydrogens (tertiary/aromatic N) is 3. The van der Waals surface area contributed by atoms with Gasteiger partial charge in [0.1, 0.15) is 0 Å². The summed E-state index contributed by atoms with van der Waals surface area (Å²) in [4.78, 5) is 21.2. The van der Waals surface area contributed by atoms with Crippen molar-refractivity contribution in [3.05, 3.63) is 78.1 Å². The number of amides is 1. The highest BCUT2D eigenvalue weighted by molar-refractivity contribution is 5.84. The molecule has 2 aliphatic rings. The first kappa shape index (κ1) is 17.4. The number of carbonyl (C=O) groups is 1. The van der Waals surface area contributed by atoms with E-state index in [1.165, 1.54) is 21.9 Å². The minimum atomic E-state index is 0.191. The van der Waals surface area contributed by atoms with Gasteiger partial charge in [-0.15, -0.1) is 0 Å². The molecular weight excluding hydrogens is 346 g/mol. The van der Waals surface area contributed by atoms with Gasteiger partial charge in [-0.05, 0) is 28.5 Å². The normalized spacial score (nSPS) is 24.6. The Morgan fingerprint density at radius 2 is 1.89 bits per heavy atom. The summed E-state index contributed by atoms with van der Waals surface area (Å²) in [6.07, 6.45) is 3.81. The van der Waals surface area contributed by atoms with Crippen molar-refractivity contribution in [2.45, 2.75) is 19.5 Å². The minimum Gasteiger partial charge on any atom is -0.335 e. The maximum Gasteiger partial charge on any atom is 0.219 e. The van der Waals surface area contributed by atoms with Gasteiger partial charge >= 0.3 is 0 Å². The second kappa shape index (κ2) is 7.02. The lowest BCUT2D eigenvalue weighted by Gasteiger charge is -2.29. The van der Waals surface area contributed by atoms with Crippen LogP contribution in [0.3, 0.4) is 0 Å². The molecule has 0 saturated carbocycles. The molecule has 1 amide bonds. The molecule has 0 unspecified atom stereocenters. The highest BCUT2D eigenvalue weighted by Crippen LogP contribution is 2.45. The van der Waals surface area contributed by atoms with E-state index >= 15 is 0 Å². The topological polar surface area (TPSA) is 36.4 Å². The molecule has 2 aliphatic heterocycles. The van der Waals surface area contributed by atoms with Crippen molar-refractivity contribution in [2.75, 3.05) is 19.6 Å². The van der Waals surface area contributed by atoms with E-state index in [-0.39, 0.29) is 11.9 Å². The number of fused-ring (bicyclic) bond motifs is 2. The summed E-state index contributed by atoms with van der Waals surface area (Å²) in [5.74, 6) is 1.24. The van der Waals surface area contributed by atoms with Crippen molar-refractivity contribution in [2.24, 2.45) is 11.8 Å². The number of rotatable bonds is 3. The van der Waals surface area contributed by atoms with Crippen LogP contribution in [0.1, 0.15) is 24.1 Å². The van der Waals surface area contributed by atoms with E-state index in [4.69, 9.17) is 0 Å². The fraction of sp³-hybridized carbons (Fsp3) is 0.333. The zero-order valence-electron chi connectivity index (χ0n) is 16.2. The Morgan fingerprint density at radius 3 is 2.71 bits per heavy atom. The van der Waals surface area contributed by atoms with Crippen molar-refractivity contribution >= 4 is 16.7 Å². The molecule has 0 N–H and O–H groups in total. The van der Waals surface area contributed by atoms with Crippen LogP contribution in [0, 0.1) is 11.8 Å². The highest BCUT2D eigenvalue weighted by Gasteiger charge is 2.48. The number of hydrogen-bond donors (Lipinski definition) is 0. The number of aromatic nitrogens is 1. The van der Waals surface area contributed by atoms with Crippen LogP contribution in [-0.4, -0.2) is 40.3 Å². The van der Waals surface area contributed by atoms with E-state index in [1.807, 2.05) is 18.5 Å². The average molecular weight is 371 g/mol.